The Morgan fingerprint density at radius 3 is 2.86 bits per heavy atom. The normalized spacial score (nSPS) is 28.8. The Morgan fingerprint density at radius 1 is 1.55 bits per heavy atom. The molecule has 1 aromatic rings. The van der Waals surface area contributed by atoms with Gasteiger partial charge >= 0.3 is 5.97 Å². The van der Waals surface area contributed by atoms with E-state index in [0.717, 1.165) is 0 Å². The molecular formula is C13H19N3O5S. The summed E-state index contributed by atoms with van der Waals surface area (Å²) >= 11 is 0. The number of fused-ring (bicyclic) bond motifs is 1. The number of hydrogen-bond acceptors (Lipinski definition) is 6. The Morgan fingerprint density at radius 2 is 2.27 bits per heavy atom. The Balaban J connectivity index is 1.97. The van der Waals surface area contributed by atoms with Crippen LogP contribution in [0.3, 0.4) is 0 Å². The molecule has 1 aromatic heterocycles. The number of methoxy groups -OCH3 is 1. The summed E-state index contributed by atoms with van der Waals surface area (Å²) in [5.41, 5.74) is -0.308. The number of ether oxygens (including phenoxy) is 2. The third-order valence-electron chi connectivity index (χ3n) is 4.57. The van der Waals surface area contributed by atoms with Crippen LogP contribution in [0.15, 0.2) is 11.2 Å². The maximum Gasteiger partial charge on any atom is 0.315 e. The lowest BCUT2D eigenvalue weighted by atomic mass is 9.81. The van der Waals surface area contributed by atoms with Crippen LogP contribution >= 0.6 is 0 Å². The Bertz CT molecular complexity index is 694. The highest BCUT2D eigenvalue weighted by Gasteiger charge is 2.59. The van der Waals surface area contributed by atoms with Crippen LogP contribution in [0.4, 0.5) is 0 Å². The zero-order chi connectivity index (χ0) is 16.1. The molecule has 0 bridgehead atoms. The molecule has 2 aliphatic rings. The zero-order valence-electron chi connectivity index (χ0n) is 12.8. The van der Waals surface area contributed by atoms with Gasteiger partial charge in [-0.3, -0.25) is 9.48 Å². The number of carbonyl (C=O) groups excluding carboxylic acids is 1. The average molecular weight is 329 g/mol. The summed E-state index contributed by atoms with van der Waals surface area (Å²) in [6, 6.07) is 0. The van der Waals surface area contributed by atoms with E-state index in [-0.39, 0.29) is 30.6 Å². The van der Waals surface area contributed by atoms with Crippen LogP contribution in [0.2, 0.25) is 0 Å². The Kier molecular flexibility index (Phi) is 3.54. The smallest absolute Gasteiger partial charge is 0.315 e. The molecule has 0 aliphatic carbocycles. The van der Waals surface area contributed by atoms with Gasteiger partial charge in [0.15, 0.2) is 5.03 Å². The molecule has 3 rings (SSSR count). The molecule has 9 heteroatoms. The molecule has 0 spiro atoms. The van der Waals surface area contributed by atoms with E-state index in [1.807, 2.05) is 0 Å². The number of esters is 1. The SMILES string of the molecule is COC(=O)[C@@]12COC[C@@H]1CN(S(=O)(=O)c1c(C)cnn1C)C2. The van der Waals surface area contributed by atoms with Crippen molar-refractivity contribution in [2.75, 3.05) is 33.4 Å². The third kappa shape index (κ3) is 1.99. The van der Waals surface area contributed by atoms with Gasteiger partial charge in [0.05, 0.1) is 26.5 Å². The second-order valence-electron chi connectivity index (χ2n) is 5.91. The Labute approximate surface area is 129 Å². The highest BCUT2D eigenvalue weighted by Crippen LogP contribution is 2.44. The molecule has 0 unspecified atom stereocenters. The van der Waals surface area contributed by atoms with Crippen molar-refractivity contribution in [2.24, 2.45) is 18.4 Å². The van der Waals surface area contributed by atoms with Crippen molar-refractivity contribution >= 4 is 16.0 Å². The van der Waals surface area contributed by atoms with Crippen LogP contribution < -0.4 is 0 Å². The van der Waals surface area contributed by atoms with Gasteiger partial charge in [0.25, 0.3) is 10.0 Å². The lowest BCUT2D eigenvalue weighted by Crippen LogP contribution is -2.41. The van der Waals surface area contributed by atoms with E-state index in [0.29, 0.717) is 12.2 Å². The first kappa shape index (κ1) is 15.4. The average Bonchev–Trinajstić information content (AvgIpc) is 3.10. The maximum absolute atomic E-state index is 12.9. The minimum atomic E-state index is -3.71. The highest BCUT2D eigenvalue weighted by molar-refractivity contribution is 7.89. The number of sulfonamides is 1. The number of nitrogens with zero attached hydrogens (tertiary/aromatic N) is 3. The number of hydrogen-bond donors (Lipinski definition) is 0. The van der Waals surface area contributed by atoms with E-state index in [4.69, 9.17) is 9.47 Å². The van der Waals surface area contributed by atoms with Crippen molar-refractivity contribution in [1.29, 1.82) is 0 Å². The van der Waals surface area contributed by atoms with E-state index in [2.05, 4.69) is 5.10 Å². The molecule has 0 aromatic carbocycles. The molecular weight excluding hydrogens is 310 g/mol. The van der Waals surface area contributed by atoms with E-state index >= 15 is 0 Å². The Hall–Kier alpha value is -1.45. The monoisotopic (exact) mass is 329 g/mol. The fourth-order valence-electron chi connectivity index (χ4n) is 3.39. The van der Waals surface area contributed by atoms with Gasteiger partial charge in [-0.1, -0.05) is 0 Å². The van der Waals surface area contributed by atoms with Crippen LogP contribution in [0.5, 0.6) is 0 Å². The van der Waals surface area contributed by atoms with Crippen molar-refractivity contribution < 1.29 is 22.7 Å². The number of aromatic nitrogens is 2. The van der Waals surface area contributed by atoms with Crippen molar-refractivity contribution in [3.05, 3.63) is 11.8 Å². The van der Waals surface area contributed by atoms with Gasteiger partial charge in [-0.2, -0.15) is 9.40 Å². The van der Waals surface area contributed by atoms with Gasteiger partial charge in [0, 0.05) is 31.6 Å². The second kappa shape index (κ2) is 5.04. The summed E-state index contributed by atoms with van der Waals surface area (Å²) in [6.45, 7) is 2.60. The highest BCUT2D eigenvalue weighted by atomic mass is 32.2. The molecule has 2 fully saturated rings. The minimum absolute atomic E-state index is 0.0806. The first-order valence-corrected chi connectivity index (χ1v) is 8.42. The summed E-state index contributed by atoms with van der Waals surface area (Å²) in [5.74, 6) is -0.585. The standard InChI is InChI=1S/C13H19N3O5S/c1-9-4-14-15(2)11(9)22(18,19)16-5-10-6-21-8-13(10,7-16)12(17)20-3/h4,10H,5-8H2,1-3H3/t10-,13-/m0/s1. The van der Waals surface area contributed by atoms with Crippen molar-refractivity contribution in [3.8, 4) is 0 Å². The first-order valence-electron chi connectivity index (χ1n) is 6.98. The van der Waals surface area contributed by atoms with Gasteiger partial charge in [0.2, 0.25) is 0 Å². The number of aryl methyl sites for hydroxylation is 2. The molecule has 22 heavy (non-hydrogen) atoms. The van der Waals surface area contributed by atoms with Gasteiger partial charge in [-0.05, 0) is 6.92 Å². The number of carbonyl (C=O) groups is 1. The topological polar surface area (TPSA) is 90.7 Å². The maximum atomic E-state index is 12.9. The summed E-state index contributed by atoms with van der Waals surface area (Å²) in [7, 11) is -0.801. The zero-order valence-corrected chi connectivity index (χ0v) is 13.6. The van der Waals surface area contributed by atoms with Crippen LogP contribution in [-0.2, 0) is 31.3 Å². The van der Waals surface area contributed by atoms with Crippen LogP contribution in [-0.4, -0.2) is 61.9 Å². The molecule has 0 saturated carbocycles. The van der Waals surface area contributed by atoms with Crippen molar-refractivity contribution in [3.63, 3.8) is 0 Å². The van der Waals surface area contributed by atoms with Crippen LogP contribution in [0.25, 0.3) is 0 Å². The second-order valence-corrected chi connectivity index (χ2v) is 7.77. The molecule has 0 radical (unpaired) electrons. The van der Waals surface area contributed by atoms with Crippen molar-refractivity contribution in [1.82, 2.24) is 14.1 Å². The predicted octanol–water partition coefficient (Wildman–Crippen LogP) is -0.461. The van der Waals surface area contributed by atoms with Gasteiger partial charge < -0.3 is 9.47 Å². The summed E-state index contributed by atoms with van der Waals surface area (Å²) in [5, 5.41) is 4.15. The molecule has 0 N–H and O–H groups in total. The molecule has 0 amide bonds. The molecule has 2 atom stereocenters. The van der Waals surface area contributed by atoms with E-state index in [1.54, 1.807) is 14.0 Å². The van der Waals surface area contributed by atoms with E-state index < -0.39 is 21.4 Å². The lowest BCUT2D eigenvalue weighted by Gasteiger charge is -2.23. The lowest BCUT2D eigenvalue weighted by molar-refractivity contribution is -0.153. The molecule has 3 heterocycles. The molecule has 2 aliphatic heterocycles. The van der Waals surface area contributed by atoms with Gasteiger partial charge in [-0.15, -0.1) is 0 Å². The molecule has 2 saturated heterocycles. The quantitative estimate of drug-likeness (QED) is 0.697. The van der Waals surface area contributed by atoms with Crippen LogP contribution in [0, 0.1) is 18.3 Å². The van der Waals surface area contributed by atoms with Gasteiger partial charge in [-0.25, -0.2) is 8.42 Å². The van der Waals surface area contributed by atoms with Crippen molar-refractivity contribution in [2.45, 2.75) is 11.9 Å². The number of rotatable bonds is 3. The first-order chi connectivity index (χ1) is 10.3. The molecule has 122 valence electrons. The summed E-state index contributed by atoms with van der Waals surface area (Å²) < 4.78 is 38.8. The van der Waals surface area contributed by atoms with Crippen LogP contribution in [0.1, 0.15) is 5.56 Å². The van der Waals surface area contributed by atoms with E-state index in [9.17, 15) is 13.2 Å². The molecule has 8 nitrogen and oxygen atoms in total. The largest absolute Gasteiger partial charge is 0.468 e. The van der Waals surface area contributed by atoms with E-state index in [1.165, 1.54) is 22.3 Å². The fourth-order valence-corrected chi connectivity index (χ4v) is 5.25. The summed E-state index contributed by atoms with van der Waals surface area (Å²) in [6.07, 6.45) is 1.52. The predicted molar refractivity (Wildman–Crippen MR) is 75.5 cm³/mol. The third-order valence-corrected chi connectivity index (χ3v) is 6.61. The fraction of sp³-hybridized carbons (Fsp3) is 0.692. The van der Waals surface area contributed by atoms with Gasteiger partial charge in [0.1, 0.15) is 5.41 Å². The summed E-state index contributed by atoms with van der Waals surface area (Å²) in [4.78, 5) is 12.2. The minimum Gasteiger partial charge on any atom is -0.468 e.